The predicted molar refractivity (Wildman–Crippen MR) is 62.8 cm³/mol. The quantitative estimate of drug-likeness (QED) is 0.760. The smallest absolute Gasteiger partial charge is 0.265 e. The Morgan fingerprint density at radius 3 is 2.86 bits per heavy atom. The number of rotatable bonds is 2. The minimum absolute atomic E-state index is 0.0631. The molecule has 0 amide bonds. The summed E-state index contributed by atoms with van der Waals surface area (Å²) in [5.41, 5.74) is 1.11. The number of allylic oxidation sites excluding steroid dienone is 2. The molecule has 0 radical (unpaired) electrons. The predicted octanol–water partition coefficient (Wildman–Crippen LogP) is 3.23. The summed E-state index contributed by atoms with van der Waals surface area (Å²) in [6, 6.07) is 1.60. The molecule has 0 aromatic carbocycles. The second-order valence-corrected chi connectivity index (χ2v) is 4.54. The van der Waals surface area contributed by atoms with Crippen LogP contribution in [0.3, 0.4) is 0 Å². The molecule has 1 rings (SSSR count). The Labute approximate surface area is 96.3 Å². The van der Waals surface area contributed by atoms with E-state index in [0.717, 1.165) is 0 Å². The summed E-state index contributed by atoms with van der Waals surface area (Å²) >= 11 is 8.99. The van der Waals surface area contributed by atoms with Crippen molar-refractivity contribution in [2.75, 3.05) is 0 Å². The first kappa shape index (κ1) is 11.5. The van der Waals surface area contributed by atoms with Crippen LogP contribution >= 0.6 is 27.5 Å². The maximum atomic E-state index is 11.6. The molecule has 14 heavy (non-hydrogen) atoms. The Balaban J connectivity index is 3.09. The normalized spacial score (nSPS) is 10.0. The number of nitrogens with zero attached hydrogens (tertiary/aromatic N) is 1. The molecule has 76 valence electrons. The molecule has 0 aliphatic heterocycles. The Morgan fingerprint density at radius 2 is 2.29 bits per heavy atom. The average molecular weight is 277 g/mol. The molecule has 2 nitrogen and oxygen atoms in total. The van der Waals surface area contributed by atoms with Crippen molar-refractivity contribution in [3.63, 3.8) is 0 Å². The van der Waals surface area contributed by atoms with Gasteiger partial charge in [-0.1, -0.05) is 23.3 Å². The first-order valence-corrected chi connectivity index (χ1v) is 5.36. The highest BCUT2D eigenvalue weighted by Crippen LogP contribution is 2.11. The third-order valence-corrected chi connectivity index (χ3v) is 2.48. The van der Waals surface area contributed by atoms with Crippen molar-refractivity contribution in [1.82, 2.24) is 4.57 Å². The number of aromatic nitrogens is 1. The van der Waals surface area contributed by atoms with Crippen LogP contribution in [0.4, 0.5) is 0 Å². The van der Waals surface area contributed by atoms with Gasteiger partial charge in [-0.15, -0.1) is 0 Å². The molecule has 0 fully saturated rings. The van der Waals surface area contributed by atoms with Gasteiger partial charge in [-0.2, -0.15) is 0 Å². The second-order valence-electron chi connectivity index (χ2n) is 3.25. The first-order valence-electron chi connectivity index (χ1n) is 4.19. The van der Waals surface area contributed by atoms with Gasteiger partial charge in [0.05, 0.1) is 9.50 Å². The molecule has 0 spiro atoms. The van der Waals surface area contributed by atoms with Gasteiger partial charge in [0.15, 0.2) is 0 Å². The monoisotopic (exact) mass is 275 g/mol. The first-order chi connectivity index (χ1) is 6.50. The second kappa shape index (κ2) is 4.80. The molecule has 0 atom stereocenters. The highest BCUT2D eigenvalue weighted by molar-refractivity contribution is 9.10. The van der Waals surface area contributed by atoms with Crippen molar-refractivity contribution in [1.29, 1.82) is 0 Å². The Bertz CT molecular complexity index is 419. The zero-order valence-electron chi connectivity index (χ0n) is 8.05. The molecule has 0 saturated heterocycles. The van der Waals surface area contributed by atoms with E-state index in [4.69, 9.17) is 11.6 Å². The molecule has 0 aliphatic carbocycles. The van der Waals surface area contributed by atoms with Gasteiger partial charge in [0, 0.05) is 12.7 Å². The molecule has 0 aliphatic rings. The van der Waals surface area contributed by atoms with Crippen molar-refractivity contribution in [3.05, 3.63) is 43.8 Å². The summed E-state index contributed by atoms with van der Waals surface area (Å²) < 4.78 is 2.06. The largest absolute Gasteiger partial charge is 0.309 e. The Morgan fingerprint density at radius 1 is 1.64 bits per heavy atom. The maximum absolute atomic E-state index is 11.6. The van der Waals surface area contributed by atoms with Gasteiger partial charge in [-0.05, 0) is 35.8 Å². The lowest BCUT2D eigenvalue weighted by atomic mass is 10.3. The number of halogens is 2. The number of hydrogen-bond acceptors (Lipinski definition) is 1. The zero-order valence-corrected chi connectivity index (χ0v) is 10.4. The SMILES string of the molecule is CC(C)=CCn1cc(Cl)cc(Br)c1=O. The van der Waals surface area contributed by atoms with E-state index in [-0.39, 0.29) is 5.56 Å². The minimum Gasteiger partial charge on any atom is -0.309 e. The summed E-state index contributed by atoms with van der Waals surface area (Å²) in [6.45, 7) is 4.54. The molecular formula is C10H11BrClNO. The van der Waals surface area contributed by atoms with Gasteiger partial charge in [-0.3, -0.25) is 4.79 Å². The molecular weight excluding hydrogens is 265 g/mol. The lowest BCUT2D eigenvalue weighted by Crippen LogP contribution is -2.19. The van der Waals surface area contributed by atoms with Gasteiger partial charge in [0.25, 0.3) is 5.56 Å². The van der Waals surface area contributed by atoms with Crippen LogP contribution in [0.5, 0.6) is 0 Å². The maximum Gasteiger partial charge on any atom is 0.265 e. The topological polar surface area (TPSA) is 22.0 Å². The highest BCUT2D eigenvalue weighted by Gasteiger charge is 2.01. The van der Waals surface area contributed by atoms with Crippen LogP contribution in [0.2, 0.25) is 5.02 Å². The summed E-state index contributed by atoms with van der Waals surface area (Å²) in [5.74, 6) is 0. The van der Waals surface area contributed by atoms with Crippen LogP contribution in [0, 0.1) is 0 Å². The molecule has 4 heteroatoms. The molecule has 1 aromatic rings. The van der Waals surface area contributed by atoms with E-state index >= 15 is 0 Å². The molecule has 0 N–H and O–H groups in total. The summed E-state index contributed by atoms with van der Waals surface area (Å²) in [6.07, 6.45) is 3.61. The third kappa shape index (κ3) is 3.00. The lowest BCUT2D eigenvalue weighted by Gasteiger charge is -2.03. The van der Waals surface area contributed by atoms with Crippen LogP contribution < -0.4 is 5.56 Å². The van der Waals surface area contributed by atoms with Gasteiger partial charge < -0.3 is 4.57 Å². The van der Waals surface area contributed by atoms with Crippen molar-refractivity contribution in [2.24, 2.45) is 0 Å². The van der Waals surface area contributed by atoms with E-state index in [1.165, 1.54) is 5.57 Å². The van der Waals surface area contributed by atoms with Crippen LogP contribution in [-0.4, -0.2) is 4.57 Å². The van der Waals surface area contributed by atoms with Crippen molar-refractivity contribution in [3.8, 4) is 0 Å². The summed E-state index contributed by atoms with van der Waals surface area (Å²) in [7, 11) is 0. The molecule has 0 bridgehead atoms. The van der Waals surface area contributed by atoms with E-state index in [1.807, 2.05) is 19.9 Å². The van der Waals surface area contributed by atoms with Crippen LogP contribution in [0.25, 0.3) is 0 Å². The molecule has 0 unspecified atom stereocenters. The fourth-order valence-electron chi connectivity index (χ4n) is 0.981. The molecule has 0 saturated carbocycles. The standard InChI is InChI=1S/C10H11BrClNO/c1-7(2)3-4-13-6-8(12)5-9(11)10(13)14/h3,5-6H,4H2,1-2H3. The fourth-order valence-corrected chi connectivity index (χ4v) is 1.81. The van der Waals surface area contributed by atoms with E-state index in [1.54, 1.807) is 16.8 Å². The fraction of sp³-hybridized carbons (Fsp3) is 0.300. The Hall–Kier alpha value is -0.540. The van der Waals surface area contributed by atoms with Gasteiger partial charge in [-0.25, -0.2) is 0 Å². The van der Waals surface area contributed by atoms with E-state index in [9.17, 15) is 4.79 Å². The third-order valence-electron chi connectivity index (χ3n) is 1.71. The van der Waals surface area contributed by atoms with Crippen LogP contribution in [-0.2, 0) is 6.54 Å². The minimum atomic E-state index is -0.0631. The van der Waals surface area contributed by atoms with Crippen molar-refractivity contribution >= 4 is 27.5 Å². The summed E-state index contributed by atoms with van der Waals surface area (Å²) in [4.78, 5) is 11.6. The zero-order chi connectivity index (χ0) is 10.7. The Kier molecular flexibility index (Phi) is 3.96. The van der Waals surface area contributed by atoms with Gasteiger partial charge in [0.1, 0.15) is 0 Å². The highest BCUT2D eigenvalue weighted by atomic mass is 79.9. The lowest BCUT2D eigenvalue weighted by molar-refractivity contribution is 0.770. The molecule has 1 aromatic heterocycles. The van der Waals surface area contributed by atoms with E-state index in [0.29, 0.717) is 16.0 Å². The molecule has 1 heterocycles. The van der Waals surface area contributed by atoms with Crippen molar-refractivity contribution < 1.29 is 0 Å². The van der Waals surface area contributed by atoms with E-state index in [2.05, 4.69) is 15.9 Å². The number of hydrogen-bond donors (Lipinski definition) is 0. The van der Waals surface area contributed by atoms with E-state index < -0.39 is 0 Å². The average Bonchev–Trinajstić information content (AvgIpc) is 2.08. The number of pyridine rings is 1. The van der Waals surface area contributed by atoms with Crippen LogP contribution in [0.1, 0.15) is 13.8 Å². The van der Waals surface area contributed by atoms with Crippen molar-refractivity contribution in [2.45, 2.75) is 20.4 Å². The summed E-state index contributed by atoms with van der Waals surface area (Å²) in [5, 5.41) is 0.554. The van der Waals surface area contributed by atoms with Gasteiger partial charge in [0.2, 0.25) is 0 Å². The van der Waals surface area contributed by atoms with Crippen LogP contribution in [0.15, 0.2) is 33.2 Å². The van der Waals surface area contributed by atoms with Gasteiger partial charge >= 0.3 is 0 Å².